The normalized spacial score (nSPS) is 15.4. The summed E-state index contributed by atoms with van der Waals surface area (Å²) in [5.74, 6) is 0.0495. The molecular weight excluding hydrogens is 318 g/mol. The maximum absolute atomic E-state index is 12.5. The van der Waals surface area contributed by atoms with E-state index in [1.807, 2.05) is 13.8 Å². The number of ether oxygens (including phenoxy) is 1. The Hall–Kier alpha value is -2.08. The van der Waals surface area contributed by atoms with Gasteiger partial charge in [-0.25, -0.2) is 0 Å². The first-order chi connectivity index (χ1) is 12.0. The summed E-state index contributed by atoms with van der Waals surface area (Å²) in [6.07, 6.45) is 2.43. The molecule has 2 rings (SSSR count). The number of anilines is 1. The summed E-state index contributed by atoms with van der Waals surface area (Å²) >= 11 is 0. The number of piperidine rings is 1. The van der Waals surface area contributed by atoms with Gasteiger partial charge in [0.2, 0.25) is 5.91 Å². The molecule has 1 heterocycles. The first-order valence-electron chi connectivity index (χ1n) is 9.01. The summed E-state index contributed by atoms with van der Waals surface area (Å²) in [6.45, 7) is 6.48. The molecule has 0 radical (unpaired) electrons. The zero-order chi connectivity index (χ0) is 18.2. The zero-order valence-electron chi connectivity index (χ0n) is 15.2. The predicted molar refractivity (Wildman–Crippen MR) is 98.2 cm³/mol. The average Bonchev–Trinajstić information content (AvgIpc) is 2.60. The maximum atomic E-state index is 12.5. The highest BCUT2D eigenvalue weighted by Gasteiger charge is 2.27. The molecule has 138 valence electrons. The monoisotopic (exact) mass is 347 g/mol. The largest absolute Gasteiger partial charge is 0.399 e. The van der Waals surface area contributed by atoms with Gasteiger partial charge in [-0.05, 0) is 51.3 Å². The number of carbonyl (C=O) groups excluding carboxylic acids is 2. The van der Waals surface area contributed by atoms with Gasteiger partial charge in [0, 0.05) is 43.4 Å². The van der Waals surface area contributed by atoms with Gasteiger partial charge >= 0.3 is 0 Å². The van der Waals surface area contributed by atoms with E-state index >= 15 is 0 Å². The molecule has 1 aromatic carbocycles. The van der Waals surface area contributed by atoms with Crippen LogP contribution in [0.4, 0.5) is 5.69 Å². The quantitative estimate of drug-likeness (QED) is 0.584. The molecule has 6 heteroatoms. The summed E-state index contributed by atoms with van der Waals surface area (Å²) in [5.41, 5.74) is 6.93. The van der Waals surface area contributed by atoms with Gasteiger partial charge in [0.1, 0.15) is 0 Å². The van der Waals surface area contributed by atoms with Crippen molar-refractivity contribution in [1.82, 2.24) is 10.2 Å². The van der Waals surface area contributed by atoms with Crippen LogP contribution in [0.5, 0.6) is 0 Å². The van der Waals surface area contributed by atoms with Crippen molar-refractivity contribution in [2.24, 2.45) is 5.92 Å². The fraction of sp³-hybridized carbons (Fsp3) is 0.579. The SMILES string of the molecule is CC(C)OCCCNC(=O)C1CCN(C(=O)c2cccc(N)c2)CC1. The van der Waals surface area contributed by atoms with Gasteiger partial charge in [0.15, 0.2) is 0 Å². The second kappa shape index (κ2) is 9.42. The summed E-state index contributed by atoms with van der Waals surface area (Å²) in [5, 5.41) is 2.97. The molecule has 1 aliphatic heterocycles. The van der Waals surface area contributed by atoms with Crippen molar-refractivity contribution < 1.29 is 14.3 Å². The van der Waals surface area contributed by atoms with Gasteiger partial charge in [-0.3, -0.25) is 9.59 Å². The standard InChI is InChI=1S/C19H29N3O3/c1-14(2)25-12-4-9-21-18(23)15-7-10-22(11-8-15)19(24)16-5-3-6-17(20)13-16/h3,5-6,13-15H,4,7-12,20H2,1-2H3,(H,21,23). The Bertz CT molecular complexity index is 581. The van der Waals surface area contributed by atoms with Gasteiger partial charge < -0.3 is 20.7 Å². The van der Waals surface area contributed by atoms with Crippen LogP contribution >= 0.6 is 0 Å². The molecule has 0 unspecified atom stereocenters. The van der Waals surface area contributed by atoms with E-state index in [0.29, 0.717) is 50.3 Å². The van der Waals surface area contributed by atoms with Crippen molar-refractivity contribution in [3.05, 3.63) is 29.8 Å². The smallest absolute Gasteiger partial charge is 0.253 e. The minimum atomic E-state index is -0.0177. The van der Waals surface area contributed by atoms with Crippen LogP contribution in [0.15, 0.2) is 24.3 Å². The van der Waals surface area contributed by atoms with Crippen LogP contribution in [-0.2, 0) is 9.53 Å². The number of likely N-dealkylation sites (tertiary alicyclic amines) is 1. The van der Waals surface area contributed by atoms with Crippen LogP contribution in [0, 0.1) is 5.92 Å². The summed E-state index contributed by atoms with van der Waals surface area (Å²) in [7, 11) is 0. The van der Waals surface area contributed by atoms with Gasteiger partial charge in [-0.1, -0.05) is 6.07 Å². The van der Waals surface area contributed by atoms with Crippen LogP contribution in [0.25, 0.3) is 0 Å². The Morgan fingerprint density at radius 1 is 1.32 bits per heavy atom. The second-order valence-electron chi connectivity index (χ2n) is 6.76. The van der Waals surface area contributed by atoms with E-state index < -0.39 is 0 Å². The Labute approximate surface area is 149 Å². The second-order valence-corrected chi connectivity index (χ2v) is 6.76. The van der Waals surface area contributed by atoms with Gasteiger partial charge in [-0.2, -0.15) is 0 Å². The number of nitrogen functional groups attached to an aromatic ring is 1. The molecule has 1 aromatic rings. The third kappa shape index (κ3) is 6.05. The Morgan fingerprint density at radius 3 is 2.68 bits per heavy atom. The Kier molecular flexibility index (Phi) is 7.25. The van der Waals surface area contributed by atoms with E-state index in [1.54, 1.807) is 29.2 Å². The Balaban J connectivity index is 1.72. The lowest BCUT2D eigenvalue weighted by atomic mass is 9.95. The molecule has 1 saturated heterocycles. The molecule has 0 spiro atoms. The van der Waals surface area contributed by atoms with E-state index in [4.69, 9.17) is 10.5 Å². The minimum Gasteiger partial charge on any atom is -0.399 e. The molecule has 0 aliphatic carbocycles. The molecule has 1 fully saturated rings. The number of hydrogen-bond donors (Lipinski definition) is 2. The number of rotatable bonds is 7. The number of hydrogen-bond acceptors (Lipinski definition) is 4. The molecule has 0 saturated carbocycles. The van der Waals surface area contributed by atoms with Gasteiger partial charge in [0.05, 0.1) is 6.10 Å². The third-order valence-electron chi connectivity index (χ3n) is 4.36. The van der Waals surface area contributed by atoms with E-state index in [2.05, 4.69) is 5.32 Å². The first kappa shape index (κ1) is 19.2. The number of benzene rings is 1. The van der Waals surface area contributed by atoms with E-state index in [0.717, 1.165) is 6.42 Å². The summed E-state index contributed by atoms with van der Waals surface area (Å²) < 4.78 is 5.46. The van der Waals surface area contributed by atoms with Crippen molar-refractivity contribution in [3.8, 4) is 0 Å². The lowest BCUT2D eigenvalue weighted by molar-refractivity contribution is -0.126. The molecule has 3 N–H and O–H groups in total. The van der Waals surface area contributed by atoms with Gasteiger partial charge in [0.25, 0.3) is 5.91 Å². The minimum absolute atomic E-state index is 0.0167. The fourth-order valence-corrected chi connectivity index (χ4v) is 2.95. The summed E-state index contributed by atoms with van der Waals surface area (Å²) in [6, 6.07) is 7.02. The lowest BCUT2D eigenvalue weighted by Gasteiger charge is -2.31. The van der Waals surface area contributed by atoms with Crippen molar-refractivity contribution in [2.45, 2.75) is 39.2 Å². The highest BCUT2D eigenvalue weighted by molar-refractivity contribution is 5.95. The number of nitrogens with zero attached hydrogens (tertiary/aromatic N) is 1. The molecule has 0 aromatic heterocycles. The van der Waals surface area contributed by atoms with E-state index in [9.17, 15) is 9.59 Å². The topological polar surface area (TPSA) is 84.7 Å². The highest BCUT2D eigenvalue weighted by Crippen LogP contribution is 2.20. The van der Waals surface area contributed by atoms with Crippen LogP contribution in [0.3, 0.4) is 0 Å². The molecular formula is C19H29N3O3. The van der Waals surface area contributed by atoms with Crippen LogP contribution in [0.2, 0.25) is 0 Å². The van der Waals surface area contributed by atoms with Crippen molar-refractivity contribution in [2.75, 3.05) is 32.0 Å². The molecule has 2 amide bonds. The predicted octanol–water partition coefficient (Wildman–Crippen LogP) is 2.05. The number of amides is 2. The number of nitrogens with one attached hydrogen (secondary N) is 1. The van der Waals surface area contributed by atoms with Gasteiger partial charge in [-0.15, -0.1) is 0 Å². The molecule has 0 bridgehead atoms. The van der Waals surface area contributed by atoms with E-state index in [1.165, 1.54) is 0 Å². The average molecular weight is 347 g/mol. The molecule has 0 atom stereocenters. The third-order valence-corrected chi connectivity index (χ3v) is 4.36. The zero-order valence-corrected chi connectivity index (χ0v) is 15.2. The van der Waals surface area contributed by atoms with E-state index in [-0.39, 0.29) is 23.8 Å². The van der Waals surface area contributed by atoms with Crippen LogP contribution in [-0.4, -0.2) is 49.1 Å². The molecule has 1 aliphatic rings. The van der Waals surface area contributed by atoms with Crippen molar-refractivity contribution >= 4 is 17.5 Å². The Morgan fingerprint density at radius 2 is 2.04 bits per heavy atom. The van der Waals surface area contributed by atoms with Crippen LogP contribution < -0.4 is 11.1 Å². The van der Waals surface area contributed by atoms with Crippen molar-refractivity contribution in [1.29, 1.82) is 0 Å². The van der Waals surface area contributed by atoms with Crippen molar-refractivity contribution in [3.63, 3.8) is 0 Å². The number of carbonyl (C=O) groups is 2. The lowest BCUT2D eigenvalue weighted by Crippen LogP contribution is -2.43. The van der Waals surface area contributed by atoms with Crippen LogP contribution in [0.1, 0.15) is 43.5 Å². The summed E-state index contributed by atoms with van der Waals surface area (Å²) in [4.78, 5) is 26.5. The molecule has 25 heavy (non-hydrogen) atoms. The first-order valence-corrected chi connectivity index (χ1v) is 9.01. The highest BCUT2D eigenvalue weighted by atomic mass is 16.5. The fourth-order valence-electron chi connectivity index (χ4n) is 2.95. The molecule has 6 nitrogen and oxygen atoms in total. The number of nitrogens with two attached hydrogens (primary N) is 1. The maximum Gasteiger partial charge on any atom is 0.253 e.